The van der Waals surface area contributed by atoms with Crippen molar-refractivity contribution in [1.82, 2.24) is 15.3 Å². The molecule has 5 N–H and O–H groups in total. The minimum Gasteiger partial charge on any atom is -0.394 e. The first kappa shape index (κ1) is 29.7. The van der Waals surface area contributed by atoms with Crippen molar-refractivity contribution < 1.29 is 14.6 Å². The van der Waals surface area contributed by atoms with Crippen LogP contribution in [0.1, 0.15) is 35.2 Å². The Kier molecular flexibility index (Phi) is 9.81. The summed E-state index contributed by atoms with van der Waals surface area (Å²) in [5.41, 5.74) is 9.75. The summed E-state index contributed by atoms with van der Waals surface area (Å²) in [7, 11) is 0. The van der Waals surface area contributed by atoms with Crippen LogP contribution in [-0.2, 0) is 4.74 Å². The molecule has 4 aromatic rings. The van der Waals surface area contributed by atoms with E-state index in [4.69, 9.17) is 27.1 Å². The third kappa shape index (κ3) is 6.97. The van der Waals surface area contributed by atoms with E-state index < -0.39 is 10.8 Å². The van der Waals surface area contributed by atoms with Crippen LogP contribution in [0.4, 0.5) is 5.82 Å². The Morgan fingerprint density at radius 2 is 1.88 bits per heavy atom. The zero-order valence-electron chi connectivity index (χ0n) is 23.5. The van der Waals surface area contributed by atoms with Crippen LogP contribution in [0.15, 0.2) is 84.7 Å². The van der Waals surface area contributed by atoms with E-state index in [9.17, 15) is 9.90 Å². The zero-order chi connectivity index (χ0) is 29.4. The number of alkyl halides is 1. The van der Waals surface area contributed by atoms with Gasteiger partial charge in [0.25, 0.3) is 0 Å². The van der Waals surface area contributed by atoms with Gasteiger partial charge in [0.2, 0.25) is 5.91 Å². The number of nitrogens with one attached hydrogen (secondary N) is 2. The highest BCUT2D eigenvalue weighted by atomic mass is 35.5. The molecule has 2 aromatic carbocycles. The summed E-state index contributed by atoms with van der Waals surface area (Å²) in [5, 5.41) is 19.7. The second-order valence-electron chi connectivity index (χ2n) is 10.5. The smallest absolute Gasteiger partial charge is 0.248 e. The molecule has 0 aliphatic heterocycles. The maximum Gasteiger partial charge on any atom is 0.248 e. The predicted octanol–water partition coefficient (Wildman–Crippen LogP) is 5.06. The SMILES string of the molecule is NC(=O)c1ccc2c(c1)nc(NCCOCCCCNCC1=CC=C(c3ccccc3)C(Cl)(CO)C1)c1ccncc12. The van der Waals surface area contributed by atoms with Crippen LogP contribution in [0.25, 0.3) is 27.2 Å². The van der Waals surface area contributed by atoms with Gasteiger partial charge in [-0.2, -0.15) is 0 Å². The zero-order valence-corrected chi connectivity index (χ0v) is 24.2. The summed E-state index contributed by atoms with van der Waals surface area (Å²) in [4.78, 5) is 19.9. The molecule has 42 heavy (non-hydrogen) atoms. The lowest BCUT2D eigenvalue weighted by atomic mass is 9.83. The number of carbonyl (C=O) groups is 1. The molecule has 0 saturated carbocycles. The molecule has 1 amide bonds. The summed E-state index contributed by atoms with van der Waals surface area (Å²) in [6, 6.07) is 17.2. The number of aliphatic hydroxyl groups excluding tert-OH is 1. The summed E-state index contributed by atoms with van der Waals surface area (Å²) in [6.07, 6.45) is 10.2. The number of aromatic nitrogens is 2. The number of fused-ring (bicyclic) bond motifs is 3. The van der Waals surface area contributed by atoms with Gasteiger partial charge in [0.15, 0.2) is 0 Å². The van der Waals surface area contributed by atoms with Crippen molar-refractivity contribution >= 4 is 50.6 Å². The van der Waals surface area contributed by atoms with Crippen LogP contribution in [-0.4, -0.2) is 65.3 Å². The summed E-state index contributed by atoms with van der Waals surface area (Å²) < 4.78 is 5.84. The molecule has 0 spiro atoms. The van der Waals surface area contributed by atoms with Crippen molar-refractivity contribution in [1.29, 1.82) is 0 Å². The number of carbonyl (C=O) groups excluding carboxylic acids is 1. The maximum atomic E-state index is 11.6. The quantitative estimate of drug-likeness (QED) is 0.0926. The Morgan fingerprint density at radius 3 is 2.69 bits per heavy atom. The lowest BCUT2D eigenvalue weighted by Gasteiger charge is -2.32. The van der Waals surface area contributed by atoms with Crippen molar-refractivity contribution in [3.05, 3.63) is 95.8 Å². The first-order valence-electron chi connectivity index (χ1n) is 14.2. The van der Waals surface area contributed by atoms with Gasteiger partial charge in [-0.25, -0.2) is 4.98 Å². The fraction of sp³-hybridized carbons (Fsp3) is 0.303. The average Bonchev–Trinajstić information content (AvgIpc) is 3.02. The fourth-order valence-corrected chi connectivity index (χ4v) is 5.63. The minimum absolute atomic E-state index is 0.112. The fourth-order valence-electron chi connectivity index (χ4n) is 5.28. The Balaban J connectivity index is 1.03. The number of nitrogens with two attached hydrogens (primary N) is 1. The normalized spacial score (nSPS) is 16.8. The molecule has 0 fully saturated rings. The van der Waals surface area contributed by atoms with Crippen molar-refractivity contribution in [3.63, 3.8) is 0 Å². The Morgan fingerprint density at radius 1 is 1.02 bits per heavy atom. The molecular weight excluding hydrogens is 550 g/mol. The standard InChI is InChI=1S/C33H36ClN5O3/c34-33(22-40)19-23(8-11-29(33)24-6-2-1-3-7-24)20-36-13-4-5-16-42-17-15-38-32-27-12-14-37-21-28(27)26-10-9-25(31(35)41)18-30(26)39-32/h1-3,6-12,14,18,21,36,40H,4-5,13,15-17,19-20,22H2,(H2,35,41)(H,38,39). The molecule has 0 radical (unpaired) electrons. The van der Waals surface area contributed by atoms with E-state index in [1.54, 1.807) is 24.5 Å². The van der Waals surface area contributed by atoms with E-state index in [0.717, 1.165) is 59.0 Å². The number of amides is 1. The lowest BCUT2D eigenvalue weighted by molar-refractivity contribution is 0.100. The maximum absolute atomic E-state index is 11.6. The number of nitrogens with zero attached hydrogens (tertiary/aromatic N) is 2. The Hall–Kier alpha value is -3.82. The van der Waals surface area contributed by atoms with Crippen molar-refractivity contribution in [2.24, 2.45) is 5.73 Å². The molecular formula is C33H36ClN5O3. The van der Waals surface area contributed by atoms with Gasteiger partial charge in [-0.05, 0) is 55.1 Å². The number of unbranched alkanes of at least 4 members (excludes halogenated alkanes) is 1. The van der Waals surface area contributed by atoms with Crippen LogP contribution in [0.2, 0.25) is 0 Å². The van der Waals surface area contributed by atoms with Gasteiger partial charge < -0.3 is 26.2 Å². The van der Waals surface area contributed by atoms with Crippen LogP contribution < -0.4 is 16.4 Å². The average molecular weight is 586 g/mol. The van der Waals surface area contributed by atoms with Crippen LogP contribution >= 0.6 is 11.6 Å². The third-order valence-electron chi connectivity index (χ3n) is 7.48. The van der Waals surface area contributed by atoms with E-state index in [0.29, 0.717) is 37.3 Å². The van der Waals surface area contributed by atoms with E-state index >= 15 is 0 Å². The molecule has 5 rings (SSSR count). The summed E-state index contributed by atoms with van der Waals surface area (Å²) in [5.74, 6) is 0.238. The Bertz CT molecular complexity index is 1610. The van der Waals surface area contributed by atoms with E-state index in [-0.39, 0.29) is 6.61 Å². The number of allylic oxidation sites excluding steroid dienone is 2. The number of hydrogen-bond donors (Lipinski definition) is 4. The van der Waals surface area contributed by atoms with Crippen LogP contribution in [0.5, 0.6) is 0 Å². The van der Waals surface area contributed by atoms with Crippen molar-refractivity contribution in [2.45, 2.75) is 24.1 Å². The van der Waals surface area contributed by atoms with E-state index in [1.165, 1.54) is 5.57 Å². The van der Waals surface area contributed by atoms with Gasteiger partial charge in [-0.1, -0.05) is 54.1 Å². The first-order valence-corrected chi connectivity index (χ1v) is 14.6. The second-order valence-corrected chi connectivity index (χ2v) is 11.2. The molecule has 8 nitrogen and oxygen atoms in total. The number of pyridine rings is 2. The molecule has 1 atom stereocenters. The number of anilines is 1. The number of aliphatic hydroxyl groups is 1. The number of hydrogen-bond acceptors (Lipinski definition) is 7. The number of benzene rings is 2. The summed E-state index contributed by atoms with van der Waals surface area (Å²) >= 11 is 6.86. The number of primary amides is 1. The van der Waals surface area contributed by atoms with Gasteiger partial charge in [0.05, 0.1) is 23.6 Å². The summed E-state index contributed by atoms with van der Waals surface area (Å²) in [6.45, 7) is 3.31. The van der Waals surface area contributed by atoms with Crippen LogP contribution in [0.3, 0.4) is 0 Å². The number of halogens is 1. The molecule has 0 saturated heterocycles. The lowest BCUT2D eigenvalue weighted by Crippen LogP contribution is -2.33. The largest absolute Gasteiger partial charge is 0.394 e. The highest BCUT2D eigenvalue weighted by Crippen LogP contribution is 2.41. The number of ether oxygens (including phenoxy) is 1. The van der Waals surface area contributed by atoms with Gasteiger partial charge in [0, 0.05) is 53.8 Å². The van der Waals surface area contributed by atoms with E-state index in [1.807, 2.05) is 48.5 Å². The van der Waals surface area contributed by atoms with Gasteiger partial charge in [-0.3, -0.25) is 9.78 Å². The van der Waals surface area contributed by atoms with Gasteiger partial charge >= 0.3 is 0 Å². The van der Waals surface area contributed by atoms with Gasteiger partial charge in [-0.15, -0.1) is 11.6 Å². The molecule has 218 valence electrons. The highest BCUT2D eigenvalue weighted by Gasteiger charge is 2.34. The van der Waals surface area contributed by atoms with E-state index in [2.05, 4.69) is 21.7 Å². The molecule has 9 heteroatoms. The monoisotopic (exact) mass is 585 g/mol. The second kappa shape index (κ2) is 13.9. The highest BCUT2D eigenvalue weighted by molar-refractivity contribution is 6.31. The van der Waals surface area contributed by atoms with Gasteiger partial charge in [0.1, 0.15) is 5.82 Å². The third-order valence-corrected chi connectivity index (χ3v) is 7.93. The van der Waals surface area contributed by atoms with Crippen molar-refractivity contribution in [3.8, 4) is 0 Å². The molecule has 1 aliphatic rings. The molecule has 0 bridgehead atoms. The predicted molar refractivity (Wildman–Crippen MR) is 170 cm³/mol. The first-order chi connectivity index (χ1) is 20.5. The molecule has 2 heterocycles. The van der Waals surface area contributed by atoms with Crippen LogP contribution in [0, 0.1) is 0 Å². The molecule has 2 aromatic heterocycles. The van der Waals surface area contributed by atoms with Crippen molar-refractivity contribution in [2.75, 3.05) is 44.8 Å². The Labute approximate surface area is 250 Å². The molecule has 1 unspecified atom stereocenters. The topological polar surface area (TPSA) is 122 Å². The molecule has 1 aliphatic carbocycles. The number of rotatable bonds is 14. The minimum atomic E-state index is -0.799.